The van der Waals surface area contributed by atoms with Crippen LogP contribution in [0.5, 0.6) is 0 Å². The first kappa shape index (κ1) is 15.8. The molecule has 1 aromatic rings. The molecule has 3 nitrogen and oxygen atoms in total. The Bertz CT molecular complexity index is 534. The summed E-state index contributed by atoms with van der Waals surface area (Å²) >= 11 is 0. The van der Waals surface area contributed by atoms with Crippen LogP contribution in [0.2, 0.25) is 0 Å². The van der Waals surface area contributed by atoms with Crippen LogP contribution in [-0.2, 0) is 11.0 Å². The first-order chi connectivity index (χ1) is 9.74. The normalized spacial score (nSPS) is 18.3. The number of carbonyl (C=O) groups excluding carboxylic acids is 1. The van der Waals surface area contributed by atoms with Gasteiger partial charge in [0.15, 0.2) is 0 Å². The molecule has 3 N–H and O–H groups in total. The molecule has 1 aliphatic carbocycles. The van der Waals surface area contributed by atoms with Crippen molar-refractivity contribution in [3.05, 3.63) is 29.3 Å². The van der Waals surface area contributed by atoms with Gasteiger partial charge in [-0.2, -0.15) is 13.2 Å². The van der Waals surface area contributed by atoms with Crippen molar-refractivity contribution < 1.29 is 18.0 Å². The fourth-order valence-corrected chi connectivity index (χ4v) is 2.73. The van der Waals surface area contributed by atoms with Crippen LogP contribution in [0, 0.1) is 6.92 Å². The molecular weight excluding hydrogens is 281 g/mol. The summed E-state index contributed by atoms with van der Waals surface area (Å²) in [5.41, 5.74) is 4.56. The van der Waals surface area contributed by atoms with Gasteiger partial charge in [-0.05, 0) is 37.5 Å². The molecule has 0 saturated heterocycles. The predicted molar refractivity (Wildman–Crippen MR) is 74.8 cm³/mol. The first-order valence-corrected chi connectivity index (χ1v) is 7.01. The number of carbonyl (C=O) groups is 1. The number of nitrogens with one attached hydrogen (secondary N) is 1. The summed E-state index contributed by atoms with van der Waals surface area (Å²) in [6, 6.07) is 3.76. The highest BCUT2D eigenvalue weighted by atomic mass is 19.4. The zero-order valence-electron chi connectivity index (χ0n) is 11.9. The minimum atomic E-state index is -4.43. The largest absolute Gasteiger partial charge is 0.416 e. The molecule has 0 atom stereocenters. The highest BCUT2D eigenvalue weighted by Crippen LogP contribution is 2.35. The zero-order valence-corrected chi connectivity index (χ0v) is 11.9. The number of benzene rings is 1. The molecular formula is C15H19F3N2O. The maximum atomic E-state index is 12.9. The summed E-state index contributed by atoms with van der Waals surface area (Å²) in [6.45, 7) is 1.35. The Morgan fingerprint density at radius 2 is 1.86 bits per heavy atom. The Labute approximate surface area is 121 Å². The van der Waals surface area contributed by atoms with Gasteiger partial charge in [-0.15, -0.1) is 0 Å². The summed E-state index contributed by atoms with van der Waals surface area (Å²) in [6.07, 6.45) is -0.532. The van der Waals surface area contributed by atoms with Gasteiger partial charge in [0.1, 0.15) is 0 Å². The second-order valence-corrected chi connectivity index (χ2v) is 5.65. The van der Waals surface area contributed by atoms with E-state index in [1.165, 1.54) is 19.1 Å². The van der Waals surface area contributed by atoms with Crippen molar-refractivity contribution in [1.29, 1.82) is 0 Å². The van der Waals surface area contributed by atoms with E-state index >= 15 is 0 Å². The molecule has 116 valence electrons. The second kappa shape index (κ2) is 5.67. The maximum Gasteiger partial charge on any atom is 0.416 e. The van der Waals surface area contributed by atoms with E-state index in [0.717, 1.165) is 25.3 Å². The van der Waals surface area contributed by atoms with Gasteiger partial charge in [0.05, 0.1) is 11.1 Å². The van der Waals surface area contributed by atoms with Crippen LogP contribution in [-0.4, -0.2) is 11.4 Å². The molecule has 1 aromatic carbocycles. The minimum absolute atomic E-state index is 0.0118. The van der Waals surface area contributed by atoms with Crippen LogP contribution in [0.25, 0.3) is 0 Å². The van der Waals surface area contributed by atoms with Crippen molar-refractivity contribution in [3.8, 4) is 0 Å². The van der Waals surface area contributed by atoms with E-state index in [0.29, 0.717) is 12.8 Å². The molecule has 0 bridgehead atoms. The molecule has 0 unspecified atom stereocenters. The molecule has 0 spiro atoms. The van der Waals surface area contributed by atoms with Gasteiger partial charge in [0.25, 0.3) is 0 Å². The molecule has 1 amide bonds. The zero-order chi connectivity index (χ0) is 15.7. The smallest absolute Gasteiger partial charge is 0.324 e. The van der Waals surface area contributed by atoms with Crippen LogP contribution < -0.4 is 11.1 Å². The Morgan fingerprint density at radius 3 is 2.43 bits per heavy atom. The Balaban J connectivity index is 2.22. The number of anilines is 1. The van der Waals surface area contributed by atoms with Gasteiger partial charge in [0.2, 0.25) is 5.91 Å². The number of amides is 1. The summed E-state index contributed by atoms with van der Waals surface area (Å²) in [4.78, 5) is 12.3. The van der Waals surface area contributed by atoms with E-state index in [9.17, 15) is 18.0 Å². The van der Waals surface area contributed by atoms with E-state index in [-0.39, 0.29) is 11.3 Å². The summed E-state index contributed by atoms with van der Waals surface area (Å²) in [5.74, 6) is -0.398. The third-order valence-electron chi connectivity index (χ3n) is 4.09. The number of rotatable bonds is 2. The van der Waals surface area contributed by atoms with Gasteiger partial charge >= 0.3 is 6.18 Å². The van der Waals surface area contributed by atoms with E-state index in [4.69, 9.17) is 5.73 Å². The number of hydrogen-bond acceptors (Lipinski definition) is 2. The molecule has 2 rings (SSSR count). The third-order valence-corrected chi connectivity index (χ3v) is 4.09. The lowest BCUT2D eigenvalue weighted by Crippen LogP contribution is -2.52. The van der Waals surface area contributed by atoms with Crippen LogP contribution in [0.1, 0.15) is 43.2 Å². The van der Waals surface area contributed by atoms with Gasteiger partial charge in [0, 0.05) is 5.69 Å². The van der Waals surface area contributed by atoms with Crippen molar-refractivity contribution in [1.82, 2.24) is 0 Å². The number of nitrogens with two attached hydrogens (primary N) is 1. The number of alkyl halides is 3. The molecule has 21 heavy (non-hydrogen) atoms. The molecule has 6 heteroatoms. The average Bonchev–Trinajstić information content (AvgIpc) is 2.40. The molecule has 0 aliphatic heterocycles. The van der Waals surface area contributed by atoms with Gasteiger partial charge in [-0.1, -0.05) is 25.3 Å². The van der Waals surface area contributed by atoms with Crippen molar-refractivity contribution in [2.24, 2.45) is 5.73 Å². The summed E-state index contributed by atoms with van der Waals surface area (Å²) in [5, 5.41) is 2.57. The molecule has 1 saturated carbocycles. The van der Waals surface area contributed by atoms with Gasteiger partial charge in [-0.3, -0.25) is 4.79 Å². The van der Waals surface area contributed by atoms with Crippen molar-refractivity contribution >= 4 is 11.6 Å². The van der Waals surface area contributed by atoms with Crippen molar-refractivity contribution in [2.45, 2.75) is 50.7 Å². The van der Waals surface area contributed by atoms with Crippen molar-refractivity contribution in [2.75, 3.05) is 5.32 Å². The second-order valence-electron chi connectivity index (χ2n) is 5.65. The van der Waals surface area contributed by atoms with Crippen LogP contribution >= 0.6 is 0 Å². The summed E-state index contributed by atoms with van der Waals surface area (Å²) < 4.78 is 38.6. The van der Waals surface area contributed by atoms with Crippen molar-refractivity contribution in [3.63, 3.8) is 0 Å². The minimum Gasteiger partial charge on any atom is -0.324 e. The Kier molecular flexibility index (Phi) is 4.27. The third kappa shape index (κ3) is 3.37. The van der Waals surface area contributed by atoms with E-state index in [1.54, 1.807) is 0 Å². The lowest BCUT2D eigenvalue weighted by molar-refractivity contribution is -0.138. The molecule has 1 aliphatic rings. The number of hydrogen-bond donors (Lipinski definition) is 2. The van der Waals surface area contributed by atoms with Crippen LogP contribution in [0.15, 0.2) is 18.2 Å². The van der Waals surface area contributed by atoms with E-state index in [2.05, 4.69) is 5.32 Å². The fraction of sp³-hybridized carbons (Fsp3) is 0.533. The summed E-state index contributed by atoms with van der Waals surface area (Å²) in [7, 11) is 0. The molecule has 1 fully saturated rings. The highest BCUT2D eigenvalue weighted by molar-refractivity contribution is 5.98. The lowest BCUT2D eigenvalue weighted by atomic mass is 9.82. The Hall–Kier alpha value is -1.56. The highest BCUT2D eigenvalue weighted by Gasteiger charge is 2.37. The van der Waals surface area contributed by atoms with Gasteiger partial charge < -0.3 is 11.1 Å². The molecule has 0 heterocycles. The topological polar surface area (TPSA) is 55.1 Å². The standard InChI is InChI=1S/C15H19F3N2O/c1-10-11(15(16,17)18)6-5-7-12(10)20-13(21)14(19)8-3-2-4-9-14/h5-7H,2-4,8-9,19H2,1H3,(H,20,21). The van der Waals surface area contributed by atoms with Crippen LogP contribution in [0.4, 0.5) is 18.9 Å². The van der Waals surface area contributed by atoms with E-state index < -0.39 is 23.2 Å². The quantitative estimate of drug-likeness (QED) is 0.876. The van der Waals surface area contributed by atoms with Gasteiger partial charge in [-0.25, -0.2) is 0 Å². The first-order valence-electron chi connectivity index (χ1n) is 7.01. The predicted octanol–water partition coefficient (Wildman–Crippen LogP) is 3.61. The van der Waals surface area contributed by atoms with E-state index in [1.807, 2.05) is 0 Å². The molecule has 0 radical (unpaired) electrons. The Morgan fingerprint density at radius 1 is 1.24 bits per heavy atom. The monoisotopic (exact) mass is 300 g/mol. The number of halogens is 3. The SMILES string of the molecule is Cc1c(NC(=O)C2(N)CCCCC2)cccc1C(F)(F)F. The maximum absolute atomic E-state index is 12.9. The lowest BCUT2D eigenvalue weighted by Gasteiger charge is -2.32. The van der Waals surface area contributed by atoms with Crippen LogP contribution in [0.3, 0.4) is 0 Å². The fourth-order valence-electron chi connectivity index (χ4n) is 2.73. The average molecular weight is 300 g/mol. The molecule has 0 aromatic heterocycles.